The summed E-state index contributed by atoms with van der Waals surface area (Å²) in [6.07, 6.45) is 7.64. The number of rotatable bonds is 2. The molecule has 5 heteroatoms. The minimum Gasteiger partial charge on any atom is -0.334 e. The van der Waals surface area contributed by atoms with E-state index in [1.165, 1.54) is 0 Å². The zero-order chi connectivity index (χ0) is 12.6. The molecule has 0 amide bonds. The van der Waals surface area contributed by atoms with Gasteiger partial charge in [0.1, 0.15) is 0 Å². The average Bonchev–Trinajstić information content (AvgIpc) is 2.98. The molecule has 2 aromatic heterocycles. The predicted octanol–water partition coefficient (Wildman–Crippen LogP) is 2.17. The van der Waals surface area contributed by atoms with E-state index in [0.29, 0.717) is 11.7 Å². The third kappa shape index (κ3) is 1.90. The summed E-state index contributed by atoms with van der Waals surface area (Å²) in [5.74, 6) is 1.12. The average molecular weight is 244 g/mol. The van der Waals surface area contributed by atoms with Crippen LogP contribution in [0.25, 0.3) is 11.5 Å². The van der Waals surface area contributed by atoms with E-state index in [9.17, 15) is 0 Å². The number of hydrogen-bond acceptors (Lipinski definition) is 5. The van der Waals surface area contributed by atoms with E-state index in [-0.39, 0.29) is 0 Å². The molecule has 2 aromatic rings. The molecule has 18 heavy (non-hydrogen) atoms. The van der Waals surface area contributed by atoms with Gasteiger partial charge in [0, 0.05) is 12.4 Å². The quantitative estimate of drug-likeness (QED) is 0.875. The lowest BCUT2D eigenvalue weighted by Crippen LogP contribution is -2.34. The number of hydrogen-bond donors (Lipinski definition) is 1. The van der Waals surface area contributed by atoms with Crippen molar-refractivity contribution in [2.24, 2.45) is 5.73 Å². The Labute approximate surface area is 105 Å². The Kier molecular flexibility index (Phi) is 2.63. The van der Waals surface area contributed by atoms with E-state index < -0.39 is 5.54 Å². The van der Waals surface area contributed by atoms with Crippen LogP contribution in [0.1, 0.15) is 37.1 Å². The molecule has 0 aromatic carbocycles. The Morgan fingerprint density at radius 1 is 1.28 bits per heavy atom. The normalized spacial score (nSPS) is 18.1. The fourth-order valence-corrected chi connectivity index (χ4v) is 2.44. The van der Waals surface area contributed by atoms with Crippen LogP contribution in [0.3, 0.4) is 0 Å². The highest BCUT2D eigenvalue weighted by Gasteiger charge is 2.36. The van der Waals surface area contributed by atoms with Crippen LogP contribution in [0, 0.1) is 6.92 Å². The molecule has 0 unspecified atom stereocenters. The fraction of sp³-hybridized carbons (Fsp3) is 0.462. The Morgan fingerprint density at radius 3 is 2.78 bits per heavy atom. The first-order chi connectivity index (χ1) is 8.67. The number of pyridine rings is 1. The molecule has 2 N–H and O–H groups in total. The molecule has 1 fully saturated rings. The molecule has 0 aliphatic heterocycles. The predicted molar refractivity (Wildman–Crippen MR) is 66.6 cm³/mol. The van der Waals surface area contributed by atoms with Crippen molar-refractivity contribution >= 4 is 0 Å². The van der Waals surface area contributed by atoms with Gasteiger partial charge in [0.05, 0.1) is 11.1 Å². The SMILES string of the molecule is Cc1cncc(-c2nc(C3(N)CCCC3)no2)c1. The molecule has 0 bridgehead atoms. The lowest BCUT2D eigenvalue weighted by atomic mass is 9.99. The van der Waals surface area contributed by atoms with Crippen LogP contribution >= 0.6 is 0 Å². The van der Waals surface area contributed by atoms with Crippen LogP contribution < -0.4 is 5.73 Å². The maximum absolute atomic E-state index is 6.30. The van der Waals surface area contributed by atoms with Gasteiger partial charge in [-0.25, -0.2) is 0 Å². The third-order valence-corrected chi connectivity index (χ3v) is 3.49. The van der Waals surface area contributed by atoms with Crippen molar-refractivity contribution in [1.29, 1.82) is 0 Å². The fourth-order valence-electron chi connectivity index (χ4n) is 2.44. The van der Waals surface area contributed by atoms with Gasteiger partial charge in [-0.1, -0.05) is 18.0 Å². The highest BCUT2D eigenvalue weighted by atomic mass is 16.5. The van der Waals surface area contributed by atoms with Crippen molar-refractivity contribution in [1.82, 2.24) is 15.1 Å². The number of aromatic nitrogens is 3. The summed E-state index contributed by atoms with van der Waals surface area (Å²) in [7, 11) is 0. The van der Waals surface area contributed by atoms with Gasteiger partial charge < -0.3 is 10.3 Å². The molecule has 5 nitrogen and oxygen atoms in total. The molecule has 0 radical (unpaired) electrons. The Balaban J connectivity index is 1.94. The molecule has 0 saturated heterocycles. The molecule has 3 rings (SSSR count). The second-order valence-corrected chi connectivity index (χ2v) is 5.04. The maximum atomic E-state index is 6.30. The number of nitrogens with zero attached hydrogens (tertiary/aromatic N) is 3. The standard InChI is InChI=1S/C13H16N4O/c1-9-6-10(8-15-7-9)11-16-12(17-18-11)13(14)4-2-3-5-13/h6-8H,2-5,14H2,1H3. The van der Waals surface area contributed by atoms with Crippen LogP contribution in [0.4, 0.5) is 0 Å². The molecule has 2 heterocycles. The van der Waals surface area contributed by atoms with Crippen molar-refractivity contribution < 1.29 is 4.52 Å². The van der Waals surface area contributed by atoms with Gasteiger partial charge in [-0.2, -0.15) is 4.98 Å². The van der Waals surface area contributed by atoms with Crippen LogP contribution in [-0.4, -0.2) is 15.1 Å². The summed E-state index contributed by atoms with van der Waals surface area (Å²) in [6, 6.07) is 1.97. The van der Waals surface area contributed by atoms with E-state index >= 15 is 0 Å². The number of aryl methyl sites for hydroxylation is 1. The molecular formula is C13H16N4O. The lowest BCUT2D eigenvalue weighted by Gasteiger charge is -2.17. The summed E-state index contributed by atoms with van der Waals surface area (Å²) >= 11 is 0. The van der Waals surface area contributed by atoms with E-state index in [4.69, 9.17) is 10.3 Å². The first kappa shape index (κ1) is 11.3. The van der Waals surface area contributed by atoms with Gasteiger partial charge in [0.2, 0.25) is 0 Å². The Morgan fingerprint density at radius 2 is 2.06 bits per heavy atom. The van der Waals surface area contributed by atoms with Crippen LogP contribution in [0.5, 0.6) is 0 Å². The van der Waals surface area contributed by atoms with Crippen molar-refractivity contribution in [3.63, 3.8) is 0 Å². The first-order valence-corrected chi connectivity index (χ1v) is 6.22. The Hall–Kier alpha value is -1.75. The van der Waals surface area contributed by atoms with Gasteiger partial charge in [-0.05, 0) is 31.4 Å². The molecule has 1 aliphatic rings. The van der Waals surface area contributed by atoms with E-state index in [1.807, 2.05) is 13.0 Å². The minimum atomic E-state index is -0.404. The monoisotopic (exact) mass is 244 g/mol. The molecular weight excluding hydrogens is 228 g/mol. The van der Waals surface area contributed by atoms with Crippen LogP contribution in [0.2, 0.25) is 0 Å². The number of nitrogens with two attached hydrogens (primary N) is 1. The molecule has 94 valence electrons. The van der Waals surface area contributed by atoms with E-state index in [1.54, 1.807) is 12.4 Å². The molecule has 0 spiro atoms. The first-order valence-electron chi connectivity index (χ1n) is 6.22. The van der Waals surface area contributed by atoms with Crippen molar-refractivity contribution in [2.45, 2.75) is 38.1 Å². The van der Waals surface area contributed by atoms with E-state index in [0.717, 1.165) is 36.8 Å². The summed E-state index contributed by atoms with van der Waals surface area (Å²) in [6.45, 7) is 1.98. The summed E-state index contributed by atoms with van der Waals surface area (Å²) in [5.41, 5.74) is 7.81. The topological polar surface area (TPSA) is 77.8 Å². The van der Waals surface area contributed by atoms with Gasteiger partial charge in [0.15, 0.2) is 5.82 Å². The van der Waals surface area contributed by atoms with Gasteiger partial charge in [-0.15, -0.1) is 0 Å². The zero-order valence-corrected chi connectivity index (χ0v) is 10.4. The lowest BCUT2D eigenvalue weighted by molar-refractivity contribution is 0.372. The highest BCUT2D eigenvalue weighted by Crippen LogP contribution is 2.35. The van der Waals surface area contributed by atoms with E-state index in [2.05, 4.69) is 15.1 Å². The van der Waals surface area contributed by atoms with Gasteiger partial charge >= 0.3 is 0 Å². The smallest absolute Gasteiger partial charge is 0.259 e. The van der Waals surface area contributed by atoms with Gasteiger partial charge in [0.25, 0.3) is 5.89 Å². The summed E-state index contributed by atoms with van der Waals surface area (Å²) in [4.78, 5) is 8.56. The van der Waals surface area contributed by atoms with Gasteiger partial charge in [-0.3, -0.25) is 4.98 Å². The summed E-state index contributed by atoms with van der Waals surface area (Å²) in [5, 5.41) is 4.04. The van der Waals surface area contributed by atoms with Crippen LogP contribution in [0.15, 0.2) is 23.0 Å². The summed E-state index contributed by atoms with van der Waals surface area (Å²) < 4.78 is 5.30. The second-order valence-electron chi connectivity index (χ2n) is 5.04. The zero-order valence-electron chi connectivity index (χ0n) is 10.4. The third-order valence-electron chi connectivity index (χ3n) is 3.49. The molecule has 1 aliphatic carbocycles. The van der Waals surface area contributed by atoms with Crippen LogP contribution in [-0.2, 0) is 5.54 Å². The van der Waals surface area contributed by atoms with Crippen molar-refractivity contribution in [3.8, 4) is 11.5 Å². The second kappa shape index (κ2) is 4.17. The molecule has 1 saturated carbocycles. The van der Waals surface area contributed by atoms with Crippen molar-refractivity contribution in [3.05, 3.63) is 29.8 Å². The Bertz CT molecular complexity index is 558. The highest BCUT2D eigenvalue weighted by molar-refractivity contribution is 5.52. The van der Waals surface area contributed by atoms with Crippen molar-refractivity contribution in [2.75, 3.05) is 0 Å². The molecule has 0 atom stereocenters. The minimum absolute atomic E-state index is 0.404. The largest absolute Gasteiger partial charge is 0.334 e. The maximum Gasteiger partial charge on any atom is 0.259 e.